The fraction of sp³-hybridized carbons (Fsp3) is 0.333. The minimum absolute atomic E-state index is 0.120. The molecule has 1 aromatic carbocycles. The maximum absolute atomic E-state index is 12.8. The summed E-state index contributed by atoms with van der Waals surface area (Å²) in [6.07, 6.45) is -5.02. The Morgan fingerprint density at radius 1 is 1.38 bits per heavy atom. The molecule has 0 aromatic heterocycles. The predicted molar refractivity (Wildman–Crippen MR) is 58.7 cm³/mol. The topological polar surface area (TPSA) is 59.3 Å². The van der Waals surface area contributed by atoms with E-state index in [1.165, 1.54) is 6.92 Å². The van der Waals surface area contributed by atoms with E-state index < -0.39 is 41.2 Å². The molecule has 114 valence electrons. The van der Waals surface area contributed by atoms with Gasteiger partial charge in [0.25, 0.3) is 0 Å². The molecule has 4 nitrogen and oxygen atoms in total. The summed E-state index contributed by atoms with van der Waals surface area (Å²) in [5.41, 5.74) is -3.32. The Morgan fingerprint density at radius 3 is 2.43 bits per heavy atom. The van der Waals surface area contributed by atoms with Crippen molar-refractivity contribution < 1.29 is 36.2 Å². The van der Waals surface area contributed by atoms with Gasteiger partial charge in [-0.25, -0.2) is 4.79 Å². The molecule has 0 aliphatic carbocycles. The molecule has 0 aliphatic rings. The van der Waals surface area contributed by atoms with Gasteiger partial charge in [0.1, 0.15) is 17.4 Å². The van der Waals surface area contributed by atoms with Gasteiger partial charge in [-0.1, -0.05) is 0 Å². The molecule has 0 radical (unpaired) electrons. The van der Waals surface area contributed by atoms with Crippen molar-refractivity contribution in [2.24, 2.45) is 0 Å². The van der Waals surface area contributed by atoms with E-state index in [1.807, 2.05) is 0 Å². The summed E-state index contributed by atoms with van der Waals surface area (Å²) in [5.74, 6) is -2.18. The van der Waals surface area contributed by atoms with Gasteiger partial charge < -0.3 is 9.47 Å². The molecule has 9 heteroatoms. The van der Waals surface area contributed by atoms with E-state index in [2.05, 4.69) is 9.47 Å². The normalized spacial score (nSPS) is 11.1. The number of benzene rings is 1. The van der Waals surface area contributed by atoms with Gasteiger partial charge in [-0.3, -0.25) is 0 Å². The van der Waals surface area contributed by atoms with Gasteiger partial charge in [0.15, 0.2) is 0 Å². The quantitative estimate of drug-likeness (QED) is 0.632. The van der Waals surface area contributed by atoms with Gasteiger partial charge in [-0.05, 0) is 19.1 Å². The lowest BCUT2D eigenvalue weighted by molar-refractivity contribution is -0.138. The summed E-state index contributed by atoms with van der Waals surface area (Å²) in [4.78, 5) is 11.4. The summed E-state index contributed by atoms with van der Waals surface area (Å²) in [6.45, 7) is -2.15. The summed E-state index contributed by atoms with van der Waals surface area (Å²) in [5, 5.41) is 8.72. The second-order valence-electron chi connectivity index (χ2n) is 3.61. The molecule has 0 saturated heterocycles. The fourth-order valence-corrected chi connectivity index (χ4v) is 1.48. The number of hydrogen-bond acceptors (Lipinski definition) is 4. The SMILES string of the molecule is CCOC(=O)c1cc(OC(F)F)c(C#N)c(C(F)(F)F)c1. The Hall–Kier alpha value is -2.37. The van der Waals surface area contributed by atoms with Crippen molar-refractivity contribution in [2.75, 3.05) is 6.61 Å². The first-order valence-corrected chi connectivity index (χ1v) is 5.48. The number of esters is 1. The number of hydrogen-bond donors (Lipinski definition) is 0. The van der Waals surface area contributed by atoms with Crippen LogP contribution in [0.25, 0.3) is 0 Å². The van der Waals surface area contributed by atoms with E-state index in [1.54, 1.807) is 0 Å². The third-order valence-electron chi connectivity index (χ3n) is 2.25. The second kappa shape index (κ2) is 6.39. The molecule has 1 aromatic rings. The van der Waals surface area contributed by atoms with Gasteiger partial charge in [-0.15, -0.1) is 0 Å². The van der Waals surface area contributed by atoms with Crippen molar-refractivity contribution in [1.82, 2.24) is 0 Å². The highest BCUT2D eigenvalue weighted by Crippen LogP contribution is 2.37. The monoisotopic (exact) mass is 309 g/mol. The average Bonchev–Trinajstić information content (AvgIpc) is 2.36. The van der Waals surface area contributed by atoms with Crippen molar-refractivity contribution in [1.29, 1.82) is 5.26 Å². The predicted octanol–water partition coefficient (Wildman–Crippen LogP) is 3.36. The highest BCUT2D eigenvalue weighted by atomic mass is 19.4. The number of nitriles is 1. The van der Waals surface area contributed by atoms with E-state index in [-0.39, 0.29) is 6.61 Å². The van der Waals surface area contributed by atoms with Crippen LogP contribution in [-0.2, 0) is 10.9 Å². The van der Waals surface area contributed by atoms with Gasteiger partial charge in [0, 0.05) is 0 Å². The molecule has 0 amide bonds. The minimum Gasteiger partial charge on any atom is -0.462 e. The van der Waals surface area contributed by atoms with Crippen LogP contribution in [0.15, 0.2) is 12.1 Å². The molecule has 0 fully saturated rings. The van der Waals surface area contributed by atoms with E-state index >= 15 is 0 Å². The number of alkyl halides is 5. The highest BCUT2D eigenvalue weighted by Gasteiger charge is 2.37. The maximum Gasteiger partial charge on any atom is 0.417 e. The lowest BCUT2D eigenvalue weighted by Crippen LogP contribution is -2.14. The summed E-state index contributed by atoms with van der Waals surface area (Å²) >= 11 is 0. The van der Waals surface area contributed by atoms with Crippen LogP contribution in [0.5, 0.6) is 5.75 Å². The molecular weight excluding hydrogens is 301 g/mol. The Bertz CT molecular complexity index is 577. The van der Waals surface area contributed by atoms with Crippen LogP contribution in [0.1, 0.15) is 28.4 Å². The molecule has 0 aliphatic heterocycles. The standard InChI is InChI=1S/C12H8F5NO3/c1-2-20-10(19)6-3-8(12(15,16)17)7(5-18)9(4-6)21-11(13)14/h3-4,11H,2H2,1H3. The van der Waals surface area contributed by atoms with Crippen molar-refractivity contribution in [2.45, 2.75) is 19.7 Å². The Morgan fingerprint density at radius 2 is 2.00 bits per heavy atom. The van der Waals surface area contributed by atoms with Crippen LogP contribution >= 0.6 is 0 Å². The van der Waals surface area contributed by atoms with Gasteiger partial charge in [0.05, 0.1) is 17.7 Å². The van der Waals surface area contributed by atoms with Gasteiger partial charge in [0.2, 0.25) is 0 Å². The Balaban J connectivity index is 3.51. The van der Waals surface area contributed by atoms with Crippen LogP contribution in [-0.4, -0.2) is 19.2 Å². The largest absolute Gasteiger partial charge is 0.462 e. The number of halogens is 5. The fourth-order valence-electron chi connectivity index (χ4n) is 1.48. The lowest BCUT2D eigenvalue weighted by Gasteiger charge is -2.14. The number of carbonyl (C=O) groups is 1. The Kier molecular flexibility index (Phi) is 5.07. The first kappa shape index (κ1) is 16.7. The molecule has 21 heavy (non-hydrogen) atoms. The van der Waals surface area contributed by atoms with E-state index in [0.717, 1.165) is 6.07 Å². The third-order valence-corrected chi connectivity index (χ3v) is 2.25. The van der Waals surface area contributed by atoms with Crippen LogP contribution in [0.2, 0.25) is 0 Å². The van der Waals surface area contributed by atoms with Gasteiger partial charge in [-0.2, -0.15) is 27.2 Å². The van der Waals surface area contributed by atoms with E-state index in [9.17, 15) is 26.7 Å². The molecule has 0 heterocycles. The lowest BCUT2D eigenvalue weighted by atomic mass is 10.0. The van der Waals surface area contributed by atoms with Gasteiger partial charge >= 0.3 is 18.8 Å². The van der Waals surface area contributed by atoms with Crippen molar-refractivity contribution >= 4 is 5.97 Å². The second-order valence-corrected chi connectivity index (χ2v) is 3.61. The third kappa shape index (κ3) is 4.05. The van der Waals surface area contributed by atoms with Crippen LogP contribution in [0.3, 0.4) is 0 Å². The first-order valence-electron chi connectivity index (χ1n) is 5.48. The molecular formula is C12H8F5NO3. The summed E-state index contributed by atoms with van der Waals surface area (Å²) < 4.78 is 71.3. The average molecular weight is 309 g/mol. The van der Waals surface area contributed by atoms with E-state index in [0.29, 0.717) is 12.1 Å². The number of ether oxygens (including phenoxy) is 2. The summed E-state index contributed by atoms with van der Waals surface area (Å²) in [6, 6.07) is 2.11. The molecule has 0 bridgehead atoms. The van der Waals surface area contributed by atoms with Crippen LogP contribution in [0.4, 0.5) is 22.0 Å². The number of carbonyl (C=O) groups excluding carboxylic acids is 1. The molecule has 0 saturated carbocycles. The van der Waals surface area contributed by atoms with Crippen LogP contribution < -0.4 is 4.74 Å². The summed E-state index contributed by atoms with van der Waals surface area (Å²) in [7, 11) is 0. The zero-order chi connectivity index (χ0) is 16.2. The zero-order valence-corrected chi connectivity index (χ0v) is 10.5. The molecule has 0 atom stereocenters. The van der Waals surface area contributed by atoms with E-state index in [4.69, 9.17) is 5.26 Å². The zero-order valence-electron chi connectivity index (χ0n) is 10.5. The maximum atomic E-state index is 12.8. The van der Waals surface area contributed by atoms with Crippen LogP contribution in [0, 0.1) is 11.3 Å². The smallest absolute Gasteiger partial charge is 0.417 e. The molecule has 0 spiro atoms. The molecule has 1 rings (SSSR count). The minimum atomic E-state index is -5.02. The molecule has 0 unspecified atom stereocenters. The number of rotatable bonds is 4. The molecule has 0 N–H and O–H groups in total. The van der Waals surface area contributed by atoms with Crippen molar-refractivity contribution in [3.05, 3.63) is 28.8 Å². The number of nitrogens with zero attached hydrogens (tertiary/aromatic N) is 1. The van der Waals surface area contributed by atoms with Crippen molar-refractivity contribution in [3.8, 4) is 11.8 Å². The highest BCUT2D eigenvalue weighted by molar-refractivity contribution is 5.90. The first-order chi connectivity index (χ1) is 9.70. The Labute approximate surface area is 115 Å². The van der Waals surface area contributed by atoms with Crippen molar-refractivity contribution in [3.63, 3.8) is 0 Å².